The van der Waals surface area contributed by atoms with Crippen LogP contribution in [0.3, 0.4) is 0 Å². The lowest BCUT2D eigenvalue weighted by atomic mass is 9.89. The van der Waals surface area contributed by atoms with Crippen LogP contribution in [0.15, 0.2) is 24.3 Å². The van der Waals surface area contributed by atoms with Gasteiger partial charge in [0.1, 0.15) is 5.75 Å². The smallest absolute Gasteiger partial charge is 0.219 e. The summed E-state index contributed by atoms with van der Waals surface area (Å²) in [6.45, 7) is 6.04. The molecule has 2 aliphatic rings. The molecule has 1 aromatic rings. The molecule has 0 bridgehead atoms. The van der Waals surface area contributed by atoms with Crippen molar-refractivity contribution >= 4 is 5.91 Å². The topological polar surface area (TPSA) is 32.8 Å². The summed E-state index contributed by atoms with van der Waals surface area (Å²) in [5.74, 6) is 1.97. The zero-order chi connectivity index (χ0) is 17.6. The van der Waals surface area contributed by atoms with Gasteiger partial charge < -0.3 is 9.64 Å². The fraction of sp³-hybridized carbons (Fsp3) is 0.667. The van der Waals surface area contributed by atoms with E-state index in [0.717, 1.165) is 44.0 Å². The number of aryl methyl sites for hydroxylation is 1. The summed E-state index contributed by atoms with van der Waals surface area (Å²) in [4.78, 5) is 16.2. The van der Waals surface area contributed by atoms with Gasteiger partial charge in [0.05, 0.1) is 7.11 Å². The van der Waals surface area contributed by atoms with E-state index in [1.807, 2.05) is 4.90 Å². The molecule has 0 N–H and O–H groups in total. The molecule has 4 nitrogen and oxygen atoms in total. The molecule has 0 aliphatic carbocycles. The van der Waals surface area contributed by atoms with Gasteiger partial charge in [0, 0.05) is 32.6 Å². The van der Waals surface area contributed by atoms with Crippen molar-refractivity contribution in [2.24, 2.45) is 5.92 Å². The molecule has 2 saturated heterocycles. The molecule has 4 heteroatoms. The molecule has 1 amide bonds. The number of piperidine rings is 2. The van der Waals surface area contributed by atoms with Gasteiger partial charge in [-0.3, -0.25) is 9.69 Å². The lowest BCUT2D eigenvalue weighted by molar-refractivity contribution is -0.130. The summed E-state index contributed by atoms with van der Waals surface area (Å²) in [5, 5.41) is 0. The summed E-state index contributed by atoms with van der Waals surface area (Å²) in [6.07, 6.45) is 7.40. The average molecular weight is 344 g/mol. The normalized spacial score (nSPS) is 22.8. The molecule has 1 atom stereocenters. The first-order valence-electron chi connectivity index (χ1n) is 9.78. The van der Waals surface area contributed by atoms with Crippen molar-refractivity contribution in [1.29, 1.82) is 0 Å². The highest BCUT2D eigenvalue weighted by molar-refractivity contribution is 5.73. The van der Waals surface area contributed by atoms with Crippen molar-refractivity contribution in [3.05, 3.63) is 29.8 Å². The van der Waals surface area contributed by atoms with E-state index in [2.05, 4.69) is 29.2 Å². The molecule has 1 aromatic carbocycles. The maximum Gasteiger partial charge on any atom is 0.219 e. The number of ether oxygens (including phenoxy) is 1. The third-order valence-corrected chi connectivity index (χ3v) is 5.98. The Hall–Kier alpha value is -1.55. The van der Waals surface area contributed by atoms with Crippen LogP contribution in [-0.2, 0) is 11.2 Å². The van der Waals surface area contributed by atoms with E-state index in [0.29, 0.717) is 6.04 Å². The van der Waals surface area contributed by atoms with E-state index < -0.39 is 0 Å². The summed E-state index contributed by atoms with van der Waals surface area (Å²) in [5.41, 5.74) is 1.41. The second kappa shape index (κ2) is 8.70. The first kappa shape index (κ1) is 18.2. The molecule has 25 heavy (non-hydrogen) atoms. The SMILES string of the molecule is COc1ccc(CC[C@@H]2CCCN(C3CCN(C(C)=O)CC3)C2)cc1. The first-order chi connectivity index (χ1) is 12.2. The number of benzene rings is 1. The highest BCUT2D eigenvalue weighted by atomic mass is 16.5. The highest BCUT2D eigenvalue weighted by Gasteiger charge is 2.29. The van der Waals surface area contributed by atoms with Crippen LogP contribution in [0.2, 0.25) is 0 Å². The van der Waals surface area contributed by atoms with E-state index in [1.165, 1.54) is 37.9 Å². The van der Waals surface area contributed by atoms with Gasteiger partial charge in [0.25, 0.3) is 0 Å². The number of nitrogens with zero attached hydrogens (tertiary/aromatic N) is 2. The fourth-order valence-corrected chi connectivity index (χ4v) is 4.37. The van der Waals surface area contributed by atoms with E-state index in [4.69, 9.17) is 4.74 Å². The van der Waals surface area contributed by atoms with Gasteiger partial charge in [-0.25, -0.2) is 0 Å². The molecule has 2 fully saturated rings. The van der Waals surface area contributed by atoms with E-state index in [9.17, 15) is 4.79 Å². The van der Waals surface area contributed by atoms with Crippen LogP contribution in [0.4, 0.5) is 0 Å². The van der Waals surface area contributed by atoms with Crippen molar-refractivity contribution in [3.63, 3.8) is 0 Å². The Bertz CT molecular complexity index is 550. The zero-order valence-corrected chi connectivity index (χ0v) is 15.7. The number of amides is 1. The van der Waals surface area contributed by atoms with E-state index >= 15 is 0 Å². The summed E-state index contributed by atoms with van der Waals surface area (Å²) < 4.78 is 5.24. The minimum absolute atomic E-state index is 0.231. The number of hydrogen-bond donors (Lipinski definition) is 0. The lowest BCUT2D eigenvalue weighted by Crippen LogP contribution is -2.49. The monoisotopic (exact) mass is 344 g/mol. The van der Waals surface area contributed by atoms with Crippen molar-refractivity contribution in [2.75, 3.05) is 33.3 Å². The van der Waals surface area contributed by atoms with E-state index in [-0.39, 0.29) is 5.91 Å². The van der Waals surface area contributed by atoms with Gasteiger partial charge in [0.2, 0.25) is 5.91 Å². The summed E-state index contributed by atoms with van der Waals surface area (Å²) >= 11 is 0. The van der Waals surface area contributed by atoms with Crippen molar-refractivity contribution in [2.45, 2.75) is 51.5 Å². The van der Waals surface area contributed by atoms with Crippen molar-refractivity contribution < 1.29 is 9.53 Å². The zero-order valence-electron chi connectivity index (χ0n) is 15.7. The number of likely N-dealkylation sites (tertiary alicyclic amines) is 2. The Balaban J connectivity index is 1.45. The first-order valence-corrected chi connectivity index (χ1v) is 9.78. The molecule has 0 saturated carbocycles. The van der Waals surface area contributed by atoms with Crippen molar-refractivity contribution in [1.82, 2.24) is 9.80 Å². The molecule has 0 spiro atoms. The van der Waals surface area contributed by atoms with Crippen LogP contribution in [-0.4, -0.2) is 55.0 Å². The Morgan fingerprint density at radius 3 is 2.48 bits per heavy atom. The highest BCUT2D eigenvalue weighted by Crippen LogP contribution is 2.26. The molecular weight excluding hydrogens is 312 g/mol. The maximum absolute atomic E-state index is 11.5. The Morgan fingerprint density at radius 1 is 1.12 bits per heavy atom. The van der Waals surface area contributed by atoms with Gasteiger partial charge in [0.15, 0.2) is 0 Å². The maximum atomic E-state index is 11.5. The average Bonchev–Trinajstić information content (AvgIpc) is 2.67. The second-order valence-electron chi connectivity index (χ2n) is 7.63. The van der Waals surface area contributed by atoms with Gasteiger partial charge in [-0.2, -0.15) is 0 Å². The third kappa shape index (κ3) is 4.97. The molecule has 2 heterocycles. The van der Waals surface area contributed by atoms with Crippen LogP contribution in [0.25, 0.3) is 0 Å². The van der Waals surface area contributed by atoms with Crippen LogP contribution in [0.1, 0.15) is 44.6 Å². The number of carbonyl (C=O) groups is 1. The molecule has 2 aliphatic heterocycles. The fourth-order valence-electron chi connectivity index (χ4n) is 4.37. The molecule has 3 rings (SSSR count). The predicted molar refractivity (Wildman–Crippen MR) is 101 cm³/mol. The second-order valence-corrected chi connectivity index (χ2v) is 7.63. The quantitative estimate of drug-likeness (QED) is 0.821. The van der Waals surface area contributed by atoms with Crippen LogP contribution in [0.5, 0.6) is 5.75 Å². The van der Waals surface area contributed by atoms with Crippen LogP contribution in [0, 0.1) is 5.92 Å². The summed E-state index contributed by atoms with van der Waals surface area (Å²) in [7, 11) is 1.71. The van der Waals surface area contributed by atoms with Gasteiger partial charge >= 0.3 is 0 Å². The molecule has 0 aromatic heterocycles. The predicted octanol–water partition coefficient (Wildman–Crippen LogP) is 3.35. The Morgan fingerprint density at radius 2 is 1.84 bits per heavy atom. The third-order valence-electron chi connectivity index (χ3n) is 5.98. The number of methoxy groups -OCH3 is 1. The largest absolute Gasteiger partial charge is 0.497 e. The van der Waals surface area contributed by atoms with Gasteiger partial charge in [-0.1, -0.05) is 12.1 Å². The molecule has 138 valence electrons. The van der Waals surface area contributed by atoms with Crippen LogP contribution >= 0.6 is 0 Å². The minimum atomic E-state index is 0.231. The lowest BCUT2D eigenvalue weighted by Gasteiger charge is -2.42. The Labute approximate surface area is 152 Å². The van der Waals surface area contributed by atoms with Crippen LogP contribution < -0.4 is 4.74 Å². The molecular formula is C21H32N2O2. The van der Waals surface area contributed by atoms with Gasteiger partial charge in [-0.05, 0) is 68.7 Å². The number of hydrogen-bond acceptors (Lipinski definition) is 3. The number of rotatable bonds is 5. The van der Waals surface area contributed by atoms with Gasteiger partial charge in [-0.15, -0.1) is 0 Å². The number of carbonyl (C=O) groups excluding carboxylic acids is 1. The van der Waals surface area contributed by atoms with E-state index in [1.54, 1.807) is 14.0 Å². The molecule has 0 unspecified atom stereocenters. The van der Waals surface area contributed by atoms with Crippen molar-refractivity contribution in [3.8, 4) is 5.75 Å². The minimum Gasteiger partial charge on any atom is -0.497 e. The Kier molecular flexibility index (Phi) is 6.35. The molecule has 0 radical (unpaired) electrons. The summed E-state index contributed by atoms with van der Waals surface area (Å²) in [6, 6.07) is 9.18. The standard InChI is InChI=1S/C21H32N2O2/c1-17(24)22-14-11-20(12-15-22)23-13-3-4-19(16-23)6-5-18-7-9-21(25-2)10-8-18/h7-10,19-20H,3-6,11-16H2,1-2H3/t19-/m0/s1.